The van der Waals surface area contributed by atoms with Gasteiger partial charge in [-0.3, -0.25) is 14.7 Å². The molecule has 2 aliphatic heterocycles. The monoisotopic (exact) mass is 539 g/mol. The molecule has 0 bridgehead atoms. The van der Waals surface area contributed by atoms with E-state index in [0.717, 1.165) is 43.9 Å². The molecule has 5 rings (SSSR count). The smallest absolute Gasteiger partial charge is 0.265 e. The summed E-state index contributed by atoms with van der Waals surface area (Å²) in [6, 6.07) is 2.42. The molecular weight excluding hydrogens is 502 g/mol. The minimum absolute atomic E-state index is 0.0226. The van der Waals surface area contributed by atoms with Gasteiger partial charge in [-0.05, 0) is 61.5 Å². The van der Waals surface area contributed by atoms with E-state index in [4.69, 9.17) is 9.73 Å². The maximum absolute atomic E-state index is 13.1. The van der Waals surface area contributed by atoms with Crippen molar-refractivity contribution in [2.75, 3.05) is 26.3 Å². The van der Waals surface area contributed by atoms with Crippen molar-refractivity contribution in [3.8, 4) is 6.07 Å². The summed E-state index contributed by atoms with van der Waals surface area (Å²) in [5.41, 5.74) is 4.13. The van der Waals surface area contributed by atoms with Gasteiger partial charge < -0.3 is 14.6 Å². The number of aliphatic imine (C=N–C) groups is 1. The molecule has 1 amide bonds. The number of amides is 1. The zero-order valence-electron chi connectivity index (χ0n) is 23.5. The molecule has 3 heterocycles. The fraction of sp³-hybridized carbons (Fsp3) is 0.452. The molecule has 1 N–H and O–H groups in total. The second-order valence-corrected chi connectivity index (χ2v) is 11.1. The summed E-state index contributed by atoms with van der Waals surface area (Å²) in [6.45, 7) is 15.4. The predicted molar refractivity (Wildman–Crippen MR) is 154 cm³/mol. The highest BCUT2D eigenvalue weighted by Gasteiger charge is 2.45. The van der Waals surface area contributed by atoms with Crippen molar-refractivity contribution < 1.29 is 9.53 Å². The number of allylic oxidation sites excluding steroid dienone is 5. The van der Waals surface area contributed by atoms with Gasteiger partial charge in [0, 0.05) is 49.3 Å². The second-order valence-electron chi connectivity index (χ2n) is 11.1. The van der Waals surface area contributed by atoms with Crippen LogP contribution < -0.4 is 5.32 Å². The number of nitrogens with one attached hydrogen (secondary N) is 1. The maximum Gasteiger partial charge on any atom is 0.265 e. The average Bonchev–Trinajstić information content (AvgIpc) is 3.59. The Morgan fingerprint density at radius 2 is 2.17 bits per heavy atom. The van der Waals surface area contributed by atoms with Crippen molar-refractivity contribution in [1.82, 2.24) is 25.0 Å². The molecule has 9 heteroatoms. The van der Waals surface area contributed by atoms with Gasteiger partial charge in [0.1, 0.15) is 12.2 Å². The van der Waals surface area contributed by atoms with E-state index < -0.39 is 0 Å². The molecule has 1 aromatic rings. The summed E-state index contributed by atoms with van der Waals surface area (Å²) in [6.07, 6.45) is 13.2. The lowest BCUT2D eigenvalue weighted by molar-refractivity contribution is -0.124. The van der Waals surface area contributed by atoms with Crippen molar-refractivity contribution >= 4 is 17.3 Å². The summed E-state index contributed by atoms with van der Waals surface area (Å²) in [5.74, 6) is 2.55. The summed E-state index contributed by atoms with van der Waals surface area (Å²) in [5, 5.41) is 21.2. The van der Waals surface area contributed by atoms with E-state index in [9.17, 15) is 10.1 Å². The fourth-order valence-electron chi connectivity index (χ4n) is 5.50. The molecule has 0 radical (unpaired) electrons. The van der Waals surface area contributed by atoms with E-state index in [0.29, 0.717) is 41.2 Å². The van der Waals surface area contributed by atoms with E-state index in [1.165, 1.54) is 5.57 Å². The standard InChI is InChI=1S/C31H37N7O2/c1-6-28(38-29-20(3)26(12-27(29)31(38)39)21(4)33-14-23-16-40-17-23)34-15-25(24-9-10-24)8-7-22(13-32)11-19(2)30-36-35-18-37(30)5/h6-8,11-12,18,20-21,23-25,33H,1-2,9-10,14-17H2,3-5H3/b8-7-,22-11+,34-28?/t20-,21-,25?/m0/s1. The van der Waals surface area contributed by atoms with E-state index in [1.807, 2.05) is 13.1 Å². The van der Waals surface area contributed by atoms with E-state index >= 15 is 0 Å². The summed E-state index contributed by atoms with van der Waals surface area (Å²) in [7, 11) is 1.84. The SMILES string of the molecule is C=CC(=NCC(/C=C\C(C#N)=C/C(=C)c1nncn1C)C1CC1)N1C(=O)C2=C1[C@@H](C)C([C@H](C)NCC1COC1)=C2. The summed E-state index contributed by atoms with van der Waals surface area (Å²) < 4.78 is 7.05. The van der Waals surface area contributed by atoms with Crippen molar-refractivity contribution in [2.24, 2.45) is 35.7 Å². The van der Waals surface area contributed by atoms with Gasteiger partial charge in [0.2, 0.25) is 0 Å². The van der Waals surface area contributed by atoms with Crippen molar-refractivity contribution in [1.29, 1.82) is 5.26 Å². The first-order valence-electron chi connectivity index (χ1n) is 13.9. The molecule has 9 nitrogen and oxygen atoms in total. The Kier molecular flexibility index (Phi) is 8.10. The molecule has 2 aliphatic carbocycles. The maximum atomic E-state index is 13.1. The fourth-order valence-corrected chi connectivity index (χ4v) is 5.50. The van der Waals surface area contributed by atoms with Crippen LogP contribution in [0.25, 0.3) is 5.57 Å². The molecule has 1 saturated heterocycles. The van der Waals surface area contributed by atoms with Crippen molar-refractivity contribution in [3.63, 3.8) is 0 Å². The quantitative estimate of drug-likeness (QED) is 0.188. The molecule has 0 spiro atoms. The Morgan fingerprint density at radius 1 is 1.40 bits per heavy atom. The lowest BCUT2D eigenvalue weighted by Gasteiger charge is -2.36. The molecular formula is C31H37N7O2. The number of carbonyl (C=O) groups is 1. The number of aromatic nitrogens is 3. The summed E-state index contributed by atoms with van der Waals surface area (Å²) >= 11 is 0. The van der Waals surface area contributed by atoms with Crippen LogP contribution in [0.4, 0.5) is 0 Å². The van der Waals surface area contributed by atoms with Gasteiger partial charge in [0.05, 0.1) is 30.4 Å². The highest BCUT2D eigenvalue weighted by molar-refractivity contribution is 6.19. The highest BCUT2D eigenvalue weighted by atomic mass is 16.5. The van der Waals surface area contributed by atoms with Crippen molar-refractivity contribution in [2.45, 2.75) is 32.7 Å². The van der Waals surface area contributed by atoms with Crippen LogP contribution in [0, 0.1) is 35.0 Å². The van der Waals surface area contributed by atoms with Gasteiger partial charge in [-0.1, -0.05) is 26.2 Å². The predicted octanol–water partition coefficient (Wildman–Crippen LogP) is 3.74. The number of nitriles is 1. The molecule has 2 fully saturated rings. The van der Waals surface area contributed by atoms with Gasteiger partial charge in [-0.25, -0.2) is 0 Å². The van der Waals surface area contributed by atoms with Gasteiger partial charge in [-0.2, -0.15) is 5.26 Å². The number of hydrogen-bond donors (Lipinski definition) is 1. The van der Waals surface area contributed by atoms with E-state index in [2.05, 4.69) is 60.7 Å². The largest absolute Gasteiger partial charge is 0.381 e. The topological polar surface area (TPSA) is 108 Å². The number of aryl methyl sites for hydroxylation is 1. The van der Waals surface area contributed by atoms with Crippen LogP contribution in [-0.2, 0) is 16.6 Å². The zero-order valence-corrected chi connectivity index (χ0v) is 23.5. The number of nitrogens with zero attached hydrogens (tertiary/aromatic N) is 6. The third-order valence-corrected chi connectivity index (χ3v) is 8.18. The van der Waals surface area contributed by atoms with Crippen LogP contribution in [0.1, 0.15) is 32.5 Å². The second kappa shape index (κ2) is 11.7. The van der Waals surface area contributed by atoms with Gasteiger partial charge in [-0.15, -0.1) is 10.2 Å². The minimum atomic E-state index is -0.0226. The summed E-state index contributed by atoms with van der Waals surface area (Å²) in [4.78, 5) is 19.7. The average molecular weight is 540 g/mol. The van der Waals surface area contributed by atoms with Gasteiger partial charge in [0.25, 0.3) is 5.91 Å². The number of ether oxygens (including phenoxy) is 1. The Balaban J connectivity index is 1.24. The minimum Gasteiger partial charge on any atom is -0.381 e. The number of hydrogen-bond acceptors (Lipinski definition) is 7. The van der Waals surface area contributed by atoms with E-state index in [-0.39, 0.29) is 23.8 Å². The van der Waals surface area contributed by atoms with Crippen molar-refractivity contribution in [3.05, 3.63) is 78.1 Å². The zero-order chi connectivity index (χ0) is 28.4. The van der Waals surface area contributed by atoms with Gasteiger partial charge in [0.15, 0.2) is 5.82 Å². The molecule has 1 aromatic heterocycles. The Morgan fingerprint density at radius 3 is 2.77 bits per heavy atom. The number of rotatable bonds is 12. The third-order valence-electron chi connectivity index (χ3n) is 8.18. The van der Waals surface area contributed by atoms with Crippen LogP contribution in [0.15, 0.2) is 77.3 Å². The molecule has 0 aromatic carbocycles. The Hall–Kier alpha value is -3.87. The van der Waals surface area contributed by atoms with E-state index in [1.54, 1.807) is 27.9 Å². The Labute approximate surface area is 236 Å². The lowest BCUT2D eigenvalue weighted by Crippen LogP contribution is -2.46. The van der Waals surface area contributed by atoms with Crippen LogP contribution in [0.2, 0.25) is 0 Å². The van der Waals surface area contributed by atoms with Crippen LogP contribution in [0.3, 0.4) is 0 Å². The van der Waals surface area contributed by atoms with Crippen LogP contribution in [-0.4, -0.2) is 63.8 Å². The lowest BCUT2D eigenvalue weighted by atomic mass is 9.93. The molecule has 1 unspecified atom stereocenters. The third kappa shape index (κ3) is 5.55. The first kappa shape index (κ1) is 27.7. The molecule has 40 heavy (non-hydrogen) atoms. The van der Waals surface area contributed by atoms with Crippen LogP contribution >= 0.6 is 0 Å². The molecule has 208 valence electrons. The number of amidine groups is 1. The molecule has 3 atom stereocenters. The normalized spacial score (nSPS) is 22.9. The first-order chi connectivity index (χ1) is 19.3. The Bertz CT molecular complexity index is 1390. The molecule has 4 aliphatic rings. The highest BCUT2D eigenvalue weighted by Crippen LogP contribution is 2.44. The molecule has 1 saturated carbocycles. The van der Waals surface area contributed by atoms with Gasteiger partial charge >= 0.3 is 0 Å². The first-order valence-corrected chi connectivity index (χ1v) is 13.9. The number of carbonyl (C=O) groups excluding carboxylic acids is 1. The van der Waals surface area contributed by atoms with Crippen LogP contribution in [0.5, 0.6) is 0 Å².